The molecule has 0 aliphatic rings. The molecule has 0 saturated carbocycles. The van der Waals surface area contributed by atoms with E-state index in [1.54, 1.807) is 41.4 Å². The lowest BCUT2D eigenvalue weighted by molar-refractivity contribution is 0.620. The van der Waals surface area contributed by atoms with Crippen LogP contribution in [0.15, 0.2) is 47.6 Å². The number of hydrogen-bond acceptors (Lipinski definition) is 3. The molecule has 0 aliphatic heterocycles. The zero-order valence-corrected chi connectivity index (χ0v) is 12.7. The van der Waals surface area contributed by atoms with Crippen molar-refractivity contribution in [2.75, 3.05) is 17.3 Å². The van der Waals surface area contributed by atoms with Gasteiger partial charge in [0.25, 0.3) is 0 Å². The Bertz CT molecular complexity index is 670. The topological polar surface area (TPSA) is 41.6 Å². The molecule has 0 aromatic heterocycles. The Morgan fingerprint density at radius 1 is 1.29 bits per heavy atom. The van der Waals surface area contributed by atoms with Crippen molar-refractivity contribution >= 4 is 28.7 Å². The Morgan fingerprint density at radius 3 is 2.67 bits per heavy atom. The van der Waals surface area contributed by atoms with Gasteiger partial charge in [-0.25, -0.2) is 4.39 Å². The van der Waals surface area contributed by atoms with E-state index >= 15 is 0 Å². The van der Waals surface area contributed by atoms with Gasteiger partial charge < -0.3 is 5.73 Å². The number of para-hydroxylation sites is 1. The second kappa shape index (κ2) is 6.59. The van der Waals surface area contributed by atoms with Crippen molar-refractivity contribution in [3.8, 4) is 0 Å². The Morgan fingerprint density at radius 2 is 2.00 bits per heavy atom. The van der Waals surface area contributed by atoms with Gasteiger partial charge in [-0.05, 0) is 44.2 Å². The maximum absolute atomic E-state index is 13.9. The number of nitrogen functional groups attached to an aromatic ring is 1. The average Bonchev–Trinajstić information content (AvgIpc) is 2.48. The van der Waals surface area contributed by atoms with Gasteiger partial charge in [0.15, 0.2) is 0 Å². The minimum absolute atomic E-state index is 0.310. The zero-order chi connectivity index (χ0) is 15.4. The van der Waals surface area contributed by atoms with Gasteiger partial charge in [0.1, 0.15) is 5.82 Å². The van der Waals surface area contributed by atoms with Crippen LogP contribution in [-0.4, -0.2) is 12.3 Å². The van der Waals surface area contributed by atoms with Crippen LogP contribution in [0, 0.1) is 5.82 Å². The number of anilines is 2. The number of benzene rings is 2. The van der Waals surface area contributed by atoms with Crippen molar-refractivity contribution < 1.29 is 4.39 Å². The second-order valence-corrected chi connectivity index (χ2v) is 5.02. The van der Waals surface area contributed by atoms with Crippen LogP contribution in [0.2, 0.25) is 5.02 Å². The first-order valence-corrected chi connectivity index (χ1v) is 7.03. The molecule has 2 aromatic rings. The fourth-order valence-electron chi connectivity index (χ4n) is 2.03. The number of rotatable bonds is 4. The molecule has 0 fully saturated rings. The molecule has 3 nitrogen and oxygen atoms in total. The summed E-state index contributed by atoms with van der Waals surface area (Å²) in [5.74, 6) is -0.310. The van der Waals surface area contributed by atoms with Crippen LogP contribution in [-0.2, 0) is 0 Å². The molecule has 2 rings (SSSR count). The Balaban J connectivity index is 2.40. The van der Waals surface area contributed by atoms with E-state index in [0.29, 0.717) is 28.7 Å². The van der Waals surface area contributed by atoms with Gasteiger partial charge in [0.05, 0.1) is 11.4 Å². The van der Waals surface area contributed by atoms with Crippen molar-refractivity contribution in [2.45, 2.75) is 13.8 Å². The third-order valence-corrected chi connectivity index (χ3v) is 3.34. The summed E-state index contributed by atoms with van der Waals surface area (Å²) >= 11 is 5.99. The fourth-order valence-corrected chi connectivity index (χ4v) is 2.20. The number of nitrogens with two attached hydrogens (primary N) is 1. The molecule has 0 unspecified atom stereocenters. The summed E-state index contributed by atoms with van der Waals surface area (Å²) in [7, 11) is 0. The SMILES string of the molecule is CCN(/N=C(\C)c1cc(Cl)ccc1N)c1ccccc1F. The molecule has 2 N–H and O–H groups in total. The predicted molar refractivity (Wildman–Crippen MR) is 87.5 cm³/mol. The maximum atomic E-state index is 13.9. The Labute approximate surface area is 128 Å². The summed E-state index contributed by atoms with van der Waals surface area (Å²) in [5.41, 5.74) is 8.39. The average molecular weight is 306 g/mol. The maximum Gasteiger partial charge on any atom is 0.148 e. The molecule has 0 amide bonds. The molecule has 0 heterocycles. The molecule has 0 spiro atoms. The summed E-state index contributed by atoms with van der Waals surface area (Å²) in [4.78, 5) is 0. The van der Waals surface area contributed by atoms with Crippen LogP contribution in [0.5, 0.6) is 0 Å². The normalized spacial score (nSPS) is 11.5. The van der Waals surface area contributed by atoms with Crippen LogP contribution in [0.3, 0.4) is 0 Å². The van der Waals surface area contributed by atoms with Gasteiger partial charge in [0, 0.05) is 22.8 Å². The van der Waals surface area contributed by atoms with Gasteiger partial charge in [-0.15, -0.1) is 0 Å². The summed E-state index contributed by atoms with van der Waals surface area (Å²) in [6.45, 7) is 4.27. The minimum atomic E-state index is -0.310. The van der Waals surface area contributed by atoms with E-state index in [1.165, 1.54) is 6.07 Å². The lowest BCUT2D eigenvalue weighted by Crippen LogP contribution is -2.19. The Kier molecular flexibility index (Phi) is 4.81. The smallest absolute Gasteiger partial charge is 0.148 e. The van der Waals surface area contributed by atoms with E-state index in [-0.39, 0.29) is 5.82 Å². The highest BCUT2D eigenvalue weighted by Gasteiger charge is 2.10. The van der Waals surface area contributed by atoms with Gasteiger partial charge in [0.2, 0.25) is 0 Å². The number of nitrogens with zero attached hydrogens (tertiary/aromatic N) is 2. The number of hydrazone groups is 1. The molecule has 2 aromatic carbocycles. The van der Waals surface area contributed by atoms with Crippen molar-refractivity contribution in [3.05, 3.63) is 58.9 Å². The molecule has 5 heteroatoms. The first kappa shape index (κ1) is 15.3. The predicted octanol–water partition coefficient (Wildman–Crippen LogP) is 4.31. The van der Waals surface area contributed by atoms with Gasteiger partial charge >= 0.3 is 0 Å². The van der Waals surface area contributed by atoms with Crippen LogP contribution in [0.25, 0.3) is 0 Å². The van der Waals surface area contributed by atoms with E-state index < -0.39 is 0 Å². The highest BCUT2D eigenvalue weighted by molar-refractivity contribution is 6.31. The molecular weight excluding hydrogens is 289 g/mol. The third kappa shape index (κ3) is 3.52. The van der Waals surface area contributed by atoms with Crippen LogP contribution < -0.4 is 10.7 Å². The molecule has 0 radical (unpaired) electrons. The van der Waals surface area contributed by atoms with Crippen molar-refractivity contribution in [1.29, 1.82) is 0 Å². The molecule has 0 atom stereocenters. The van der Waals surface area contributed by atoms with Gasteiger partial charge in [-0.3, -0.25) is 5.01 Å². The summed E-state index contributed by atoms with van der Waals surface area (Å²) < 4.78 is 13.9. The summed E-state index contributed by atoms with van der Waals surface area (Å²) in [6.07, 6.45) is 0. The zero-order valence-electron chi connectivity index (χ0n) is 12.0. The Hall–Kier alpha value is -2.07. The first-order chi connectivity index (χ1) is 10.0. The summed E-state index contributed by atoms with van der Waals surface area (Å²) in [6, 6.07) is 11.7. The quantitative estimate of drug-likeness (QED) is 0.519. The van der Waals surface area contributed by atoms with Crippen LogP contribution >= 0.6 is 11.6 Å². The van der Waals surface area contributed by atoms with E-state index in [9.17, 15) is 4.39 Å². The van der Waals surface area contributed by atoms with Crippen molar-refractivity contribution in [2.24, 2.45) is 5.10 Å². The number of halogens is 2. The molecule has 0 saturated heterocycles. The van der Waals surface area contributed by atoms with E-state index in [0.717, 1.165) is 5.56 Å². The van der Waals surface area contributed by atoms with E-state index in [1.807, 2.05) is 13.8 Å². The lowest BCUT2D eigenvalue weighted by Gasteiger charge is -2.19. The number of hydrogen-bond donors (Lipinski definition) is 1. The van der Waals surface area contributed by atoms with E-state index in [4.69, 9.17) is 17.3 Å². The largest absolute Gasteiger partial charge is 0.398 e. The molecule has 21 heavy (non-hydrogen) atoms. The van der Waals surface area contributed by atoms with Gasteiger partial charge in [-0.1, -0.05) is 23.7 Å². The highest BCUT2D eigenvalue weighted by Crippen LogP contribution is 2.22. The second-order valence-electron chi connectivity index (χ2n) is 4.58. The molecular formula is C16H17ClFN3. The minimum Gasteiger partial charge on any atom is -0.398 e. The molecule has 0 bridgehead atoms. The molecule has 0 aliphatic carbocycles. The molecule has 110 valence electrons. The standard InChI is InChI=1S/C16H17ClFN3/c1-3-21(16-7-5-4-6-14(16)18)20-11(2)13-10-12(17)8-9-15(13)19/h4-10H,3,19H2,1-2H3/b20-11+. The van der Waals surface area contributed by atoms with Crippen LogP contribution in [0.4, 0.5) is 15.8 Å². The third-order valence-electron chi connectivity index (χ3n) is 3.11. The van der Waals surface area contributed by atoms with Crippen molar-refractivity contribution in [3.63, 3.8) is 0 Å². The monoisotopic (exact) mass is 305 g/mol. The van der Waals surface area contributed by atoms with Crippen LogP contribution in [0.1, 0.15) is 19.4 Å². The van der Waals surface area contributed by atoms with E-state index in [2.05, 4.69) is 5.10 Å². The first-order valence-electron chi connectivity index (χ1n) is 6.65. The summed E-state index contributed by atoms with van der Waals surface area (Å²) in [5, 5.41) is 6.66. The fraction of sp³-hybridized carbons (Fsp3) is 0.188. The lowest BCUT2D eigenvalue weighted by atomic mass is 10.1. The van der Waals surface area contributed by atoms with Gasteiger partial charge in [-0.2, -0.15) is 5.10 Å². The highest BCUT2D eigenvalue weighted by atomic mass is 35.5. The van der Waals surface area contributed by atoms with Crippen molar-refractivity contribution in [1.82, 2.24) is 0 Å².